The molecule has 0 saturated heterocycles. The van der Waals surface area contributed by atoms with Crippen LogP contribution in [0.3, 0.4) is 0 Å². The maximum atomic E-state index is 11.1. The number of carboxylic acid groups (broad SMARTS) is 1. The molecule has 0 aromatic rings. The Kier molecular flexibility index (Phi) is 4.36. The van der Waals surface area contributed by atoms with Gasteiger partial charge in [0.1, 0.15) is 0 Å². The van der Waals surface area contributed by atoms with Crippen molar-refractivity contribution in [1.82, 2.24) is 0 Å². The smallest absolute Gasteiger partial charge is 0.333 e. The maximum Gasteiger partial charge on any atom is 0.333 e. The van der Waals surface area contributed by atoms with E-state index < -0.39 is 12.1 Å². The maximum absolute atomic E-state index is 11.1. The van der Waals surface area contributed by atoms with Crippen LogP contribution >= 0.6 is 0 Å². The van der Waals surface area contributed by atoms with E-state index in [9.17, 15) is 4.79 Å². The lowest BCUT2D eigenvalue weighted by molar-refractivity contribution is -0.154. The average Bonchev–Trinajstić information content (AvgIpc) is 2.18. The zero-order valence-electron chi connectivity index (χ0n) is 10.8. The summed E-state index contributed by atoms with van der Waals surface area (Å²) >= 11 is 0. The second-order valence-electron chi connectivity index (χ2n) is 5.66. The molecule has 3 unspecified atom stereocenters. The van der Waals surface area contributed by atoms with Gasteiger partial charge < -0.3 is 9.84 Å². The van der Waals surface area contributed by atoms with Crippen LogP contribution < -0.4 is 0 Å². The van der Waals surface area contributed by atoms with Crippen molar-refractivity contribution >= 4 is 5.97 Å². The predicted octanol–water partition coefficient (Wildman–Crippen LogP) is 2.94. The van der Waals surface area contributed by atoms with Crippen LogP contribution in [0.15, 0.2) is 0 Å². The van der Waals surface area contributed by atoms with Gasteiger partial charge in [-0.05, 0) is 36.5 Å². The van der Waals surface area contributed by atoms with Gasteiger partial charge in [-0.3, -0.25) is 0 Å². The lowest BCUT2D eigenvalue weighted by Gasteiger charge is -2.42. The number of ether oxygens (including phenoxy) is 1. The molecule has 1 aliphatic rings. The molecule has 1 aliphatic carbocycles. The summed E-state index contributed by atoms with van der Waals surface area (Å²) in [5, 5.41) is 9.11. The fraction of sp³-hybridized carbons (Fsp3) is 0.923. The van der Waals surface area contributed by atoms with Crippen LogP contribution in [-0.2, 0) is 9.53 Å². The van der Waals surface area contributed by atoms with Gasteiger partial charge >= 0.3 is 5.97 Å². The molecule has 0 aromatic carbocycles. The molecule has 1 saturated carbocycles. The van der Waals surface area contributed by atoms with Crippen molar-refractivity contribution in [3.63, 3.8) is 0 Å². The van der Waals surface area contributed by atoms with Crippen molar-refractivity contribution in [2.75, 3.05) is 7.11 Å². The molecule has 1 rings (SSSR count). The molecule has 3 heteroatoms. The fourth-order valence-corrected chi connectivity index (χ4v) is 2.85. The molecular formula is C13H24O3. The van der Waals surface area contributed by atoms with E-state index in [4.69, 9.17) is 9.84 Å². The Morgan fingerprint density at radius 3 is 2.56 bits per heavy atom. The second-order valence-corrected chi connectivity index (χ2v) is 5.66. The van der Waals surface area contributed by atoms with Crippen molar-refractivity contribution in [1.29, 1.82) is 0 Å². The number of carboxylic acids is 1. The Balaban J connectivity index is 2.73. The predicted molar refractivity (Wildman–Crippen MR) is 63.3 cm³/mol. The molecule has 0 spiro atoms. The van der Waals surface area contributed by atoms with E-state index in [0.717, 1.165) is 19.3 Å². The summed E-state index contributed by atoms with van der Waals surface area (Å²) in [5.41, 5.74) is 0.273. The summed E-state index contributed by atoms with van der Waals surface area (Å²) in [5.74, 6) is -0.0502. The molecule has 0 amide bonds. The second kappa shape index (κ2) is 5.17. The Bertz CT molecular complexity index is 250. The van der Waals surface area contributed by atoms with E-state index in [1.807, 2.05) is 0 Å². The number of carbonyl (C=O) groups is 1. The molecule has 0 radical (unpaired) electrons. The van der Waals surface area contributed by atoms with Crippen LogP contribution in [0, 0.1) is 17.3 Å². The number of rotatable bonds is 4. The molecule has 0 aliphatic heterocycles. The largest absolute Gasteiger partial charge is 0.479 e. The Hall–Kier alpha value is -0.570. The summed E-state index contributed by atoms with van der Waals surface area (Å²) in [6, 6.07) is 0. The van der Waals surface area contributed by atoms with E-state index in [1.165, 1.54) is 13.5 Å². The fourth-order valence-electron chi connectivity index (χ4n) is 2.85. The Morgan fingerprint density at radius 2 is 2.12 bits per heavy atom. The third-order valence-corrected chi connectivity index (χ3v) is 4.37. The molecule has 0 bridgehead atoms. The third-order valence-electron chi connectivity index (χ3n) is 4.37. The van der Waals surface area contributed by atoms with Gasteiger partial charge in [-0.2, -0.15) is 0 Å². The number of hydrogen-bond acceptors (Lipinski definition) is 2. The zero-order chi connectivity index (χ0) is 12.3. The van der Waals surface area contributed by atoms with Gasteiger partial charge in [0.25, 0.3) is 0 Å². The van der Waals surface area contributed by atoms with E-state index in [2.05, 4.69) is 20.8 Å². The van der Waals surface area contributed by atoms with Crippen LogP contribution in [0.4, 0.5) is 0 Å². The zero-order valence-corrected chi connectivity index (χ0v) is 10.8. The van der Waals surface area contributed by atoms with Crippen molar-refractivity contribution in [2.24, 2.45) is 17.3 Å². The monoisotopic (exact) mass is 228 g/mol. The van der Waals surface area contributed by atoms with Crippen molar-refractivity contribution in [3.05, 3.63) is 0 Å². The summed E-state index contributed by atoms with van der Waals surface area (Å²) in [6.45, 7) is 6.73. The highest BCUT2D eigenvalue weighted by atomic mass is 16.5. The molecule has 3 atom stereocenters. The van der Waals surface area contributed by atoms with E-state index in [-0.39, 0.29) is 11.3 Å². The van der Waals surface area contributed by atoms with Crippen molar-refractivity contribution in [3.8, 4) is 0 Å². The molecular weight excluding hydrogens is 204 g/mol. The highest BCUT2D eigenvalue weighted by Gasteiger charge is 2.39. The third kappa shape index (κ3) is 2.76. The van der Waals surface area contributed by atoms with Gasteiger partial charge in [0, 0.05) is 7.11 Å². The molecule has 3 nitrogen and oxygen atoms in total. The summed E-state index contributed by atoms with van der Waals surface area (Å²) in [7, 11) is 1.50. The van der Waals surface area contributed by atoms with Crippen LogP contribution in [0.5, 0.6) is 0 Å². The normalized spacial score (nSPS) is 32.7. The molecule has 94 valence electrons. The molecule has 1 fully saturated rings. The minimum absolute atomic E-state index is 0.170. The summed E-state index contributed by atoms with van der Waals surface area (Å²) < 4.78 is 5.12. The highest BCUT2D eigenvalue weighted by molar-refractivity contribution is 5.72. The van der Waals surface area contributed by atoms with E-state index in [1.54, 1.807) is 0 Å². The van der Waals surface area contributed by atoms with Crippen molar-refractivity contribution in [2.45, 2.75) is 52.6 Å². The van der Waals surface area contributed by atoms with Gasteiger partial charge in [0.15, 0.2) is 6.10 Å². The average molecular weight is 228 g/mol. The van der Waals surface area contributed by atoms with Crippen LogP contribution in [-0.4, -0.2) is 24.3 Å². The van der Waals surface area contributed by atoms with Gasteiger partial charge in [-0.25, -0.2) is 4.79 Å². The standard InChI is InChI=1S/C13H24O3/c1-9(2)13(3)7-5-6-10(8-13)11(16-4)12(14)15/h9-11H,5-8H2,1-4H3,(H,14,15). The topological polar surface area (TPSA) is 46.5 Å². The van der Waals surface area contributed by atoms with Crippen molar-refractivity contribution < 1.29 is 14.6 Å². The first-order valence-electron chi connectivity index (χ1n) is 6.16. The van der Waals surface area contributed by atoms with Gasteiger partial charge in [-0.15, -0.1) is 0 Å². The first-order chi connectivity index (χ1) is 7.40. The van der Waals surface area contributed by atoms with Gasteiger partial charge in [0.2, 0.25) is 0 Å². The highest BCUT2D eigenvalue weighted by Crippen LogP contribution is 2.45. The number of methoxy groups -OCH3 is 1. The van der Waals surface area contributed by atoms with Gasteiger partial charge in [-0.1, -0.05) is 27.2 Å². The first-order valence-corrected chi connectivity index (χ1v) is 6.16. The van der Waals surface area contributed by atoms with Crippen LogP contribution in [0.25, 0.3) is 0 Å². The number of hydrogen-bond donors (Lipinski definition) is 1. The quantitative estimate of drug-likeness (QED) is 0.804. The SMILES string of the molecule is COC(C(=O)O)C1CCCC(C)(C(C)C)C1. The summed E-state index contributed by atoms with van der Waals surface area (Å²) in [6.07, 6.45) is 3.64. The molecule has 16 heavy (non-hydrogen) atoms. The minimum atomic E-state index is -0.819. The lowest BCUT2D eigenvalue weighted by Crippen LogP contribution is -2.39. The van der Waals surface area contributed by atoms with Gasteiger partial charge in [0.05, 0.1) is 0 Å². The molecule has 0 heterocycles. The van der Waals surface area contributed by atoms with E-state index in [0.29, 0.717) is 5.92 Å². The number of aliphatic carboxylic acids is 1. The first kappa shape index (κ1) is 13.5. The Morgan fingerprint density at radius 1 is 1.50 bits per heavy atom. The van der Waals surface area contributed by atoms with Crippen LogP contribution in [0.1, 0.15) is 46.5 Å². The lowest BCUT2D eigenvalue weighted by atomic mass is 9.64. The van der Waals surface area contributed by atoms with Crippen LogP contribution in [0.2, 0.25) is 0 Å². The minimum Gasteiger partial charge on any atom is -0.479 e. The Labute approximate surface area is 98.2 Å². The molecule has 0 aromatic heterocycles. The molecule has 1 N–H and O–H groups in total. The summed E-state index contributed by atoms with van der Waals surface area (Å²) in [4.78, 5) is 11.1. The van der Waals surface area contributed by atoms with E-state index >= 15 is 0 Å².